The maximum absolute atomic E-state index is 12.6. The van der Waals surface area contributed by atoms with Gasteiger partial charge in [-0.25, -0.2) is 4.68 Å². The van der Waals surface area contributed by atoms with Gasteiger partial charge in [-0.2, -0.15) is 0 Å². The maximum atomic E-state index is 12.6. The number of thioether (sulfide) groups is 1. The van der Waals surface area contributed by atoms with Crippen LogP contribution in [-0.2, 0) is 9.59 Å². The van der Waals surface area contributed by atoms with Crippen molar-refractivity contribution in [2.24, 2.45) is 0 Å². The van der Waals surface area contributed by atoms with Crippen LogP contribution in [0.5, 0.6) is 0 Å². The summed E-state index contributed by atoms with van der Waals surface area (Å²) in [7, 11) is 0. The lowest BCUT2D eigenvalue weighted by Crippen LogP contribution is -2.41. The van der Waals surface area contributed by atoms with Gasteiger partial charge in [-0.1, -0.05) is 29.5 Å². The number of nitrogens with one attached hydrogen (secondary N) is 1. The SMILES string of the molecule is O=C(CN1C(=O)CSc2ccccc21)Nc1ccccc1-n1ccnn1. The molecule has 2 amide bonds. The van der Waals surface area contributed by atoms with E-state index in [-0.39, 0.29) is 18.4 Å². The minimum atomic E-state index is -0.271. The number of hydrogen-bond donors (Lipinski definition) is 1. The first-order chi connectivity index (χ1) is 12.7. The molecule has 0 radical (unpaired) electrons. The molecule has 0 aliphatic carbocycles. The summed E-state index contributed by atoms with van der Waals surface area (Å²) in [4.78, 5) is 27.4. The van der Waals surface area contributed by atoms with Crippen molar-refractivity contribution in [3.05, 3.63) is 60.9 Å². The molecule has 4 rings (SSSR count). The summed E-state index contributed by atoms with van der Waals surface area (Å²) in [6.07, 6.45) is 3.27. The fourth-order valence-electron chi connectivity index (χ4n) is 2.78. The number of benzene rings is 2. The Bertz CT molecular complexity index is 958. The molecule has 1 aliphatic rings. The summed E-state index contributed by atoms with van der Waals surface area (Å²) >= 11 is 1.49. The second kappa shape index (κ2) is 7.01. The molecule has 1 aliphatic heterocycles. The molecule has 2 heterocycles. The van der Waals surface area contributed by atoms with E-state index in [1.165, 1.54) is 16.7 Å². The number of para-hydroxylation sites is 3. The molecule has 7 nitrogen and oxygen atoms in total. The highest BCUT2D eigenvalue weighted by Gasteiger charge is 2.26. The van der Waals surface area contributed by atoms with Crippen molar-refractivity contribution in [3.63, 3.8) is 0 Å². The van der Waals surface area contributed by atoms with Gasteiger partial charge in [0.15, 0.2) is 0 Å². The Hall–Kier alpha value is -3.13. The predicted molar refractivity (Wildman–Crippen MR) is 99.5 cm³/mol. The third kappa shape index (κ3) is 3.18. The Morgan fingerprint density at radius 1 is 1.12 bits per heavy atom. The first kappa shape index (κ1) is 16.3. The van der Waals surface area contributed by atoms with Gasteiger partial charge in [0.25, 0.3) is 0 Å². The molecule has 0 saturated carbocycles. The van der Waals surface area contributed by atoms with E-state index in [4.69, 9.17) is 0 Å². The lowest BCUT2D eigenvalue weighted by atomic mass is 10.2. The van der Waals surface area contributed by atoms with Crippen LogP contribution >= 0.6 is 11.8 Å². The first-order valence-corrected chi connectivity index (χ1v) is 8.99. The van der Waals surface area contributed by atoms with E-state index >= 15 is 0 Å². The van der Waals surface area contributed by atoms with Crippen LogP contribution in [0.25, 0.3) is 5.69 Å². The topological polar surface area (TPSA) is 80.1 Å². The standard InChI is InChI=1S/C18H15N5O2S/c24-17(11-22-15-7-3-4-8-16(15)26-12-18(22)25)20-13-5-1-2-6-14(13)23-10-9-19-21-23/h1-10H,11-12H2,(H,20,24). The van der Waals surface area contributed by atoms with E-state index in [9.17, 15) is 9.59 Å². The average Bonchev–Trinajstić information content (AvgIpc) is 3.19. The zero-order valence-electron chi connectivity index (χ0n) is 13.7. The van der Waals surface area contributed by atoms with Crippen LogP contribution in [0.15, 0.2) is 65.8 Å². The summed E-state index contributed by atoms with van der Waals surface area (Å²) in [5.74, 6) is -0.0131. The number of carbonyl (C=O) groups is 2. The molecule has 1 N–H and O–H groups in total. The molecular weight excluding hydrogens is 350 g/mol. The molecule has 8 heteroatoms. The Morgan fingerprint density at radius 2 is 1.88 bits per heavy atom. The largest absolute Gasteiger partial charge is 0.323 e. The monoisotopic (exact) mass is 365 g/mol. The summed E-state index contributed by atoms with van der Waals surface area (Å²) in [5, 5.41) is 10.6. The van der Waals surface area contributed by atoms with E-state index in [0.29, 0.717) is 17.1 Å². The van der Waals surface area contributed by atoms with Gasteiger partial charge in [-0.15, -0.1) is 16.9 Å². The number of aromatic nitrogens is 3. The molecule has 0 spiro atoms. The normalized spacial score (nSPS) is 13.4. The fraction of sp³-hybridized carbons (Fsp3) is 0.111. The van der Waals surface area contributed by atoms with E-state index in [0.717, 1.165) is 10.6 Å². The molecule has 0 fully saturated rings. The van der Waals surface area contributed by atoms with E-state index < -0.39 is 0 Å². The molecule has 0 atom stereocenters. The van der Waals surface area contributed by atoms with Gasteiger partial charge in [0.1, 0.15) is 6.54 Å². The molecule has 130 valence electrons. The summed E-state index contributed by atoms with van der Waals surface area (Å²) < 4.78 is 1.58. The summed E-state index contributed by atoms with van der Waals surface area (Å²) in [6.45, 7) is -0.0396. The number of fused-ring (bicyclic) bond motifs is 1. The molecule has 1 aromatic heterocycles. The number of nitrogens with zero attached hydrogens (tertiary/aromatic N) is 4. The molecule has 26 heavy (non-hydrogen) atoms. The van der Waals surface area contributed by atoms with Gasteiger partial charge in [0, 0.05) is 4.90 Å². The van der Waals surface area contributed by atoms with Crippen LogP contribution in [-0.4, -0.2) is 39.1 Å². The number of amides is 2. The van der Waals surface area contributed by atoms with Crippen LogP contribution in [0.1, 0.15) is 0 Å². The molecule has 3 aromatic rings. The second-order valence-electron chi connectivity index (χ2n) is 5.65. The number of hydrogen-bond acceptors (Lipinski definition) is 5. The molecule has 0 unspecified atom stereocenters. The summed E-state index contributed by atoms with van der Waals surface area (Å²) in [6, 6.07) is 14.9. The van der Waals surface area contributed by atoms with Gasteiger partial charge in [-0.05, 0) is 24.3 Å². The van der Waals surface area contributed by atoms with Crippen LogP contribution in [0.2, 0.25) is 0 Å². The van der Waals surface area contributed by atoms with Crippen LogP contribution in [0, 0.1) is 0 Å². The smallest absolute Gasteiger partial charge is 0.244 e. The van der Waals surface area contributed by atoms with Gasteiger partial charge in [0.05, 0.1) is 35.2 Å². The van der Waals surface area contributed by atoms with Crippen molar-refractivity contribution < 1.29 is 9.59 Å². The van der Waals surface area contributed by atoms with Crippen molar-refractivity contribution >= 4 is 35.0 Å². The van der Waals surface area contributed by atoms with E-state index in [1.807, 2.05) is 42.5 Å². The van der Waals surface area contributed by atoms with Crippen molar-refractivity contribution in [1.29, 1.82) is 0 Å². The van der Waals surface area contributed by atoms with Gasteiger partial charge in [0.2, 0.25) is 11.8 Å². The van der Waals surface area contributed by atoms with E-state index in [2.05, 4.69) is 15.6 Å². The minimum absolute atomic E-state index is 0.0396. The molecule has 0 saturated heterocycles. The number of rotatable bonds is 4. The first-order valence-electron chi connectivity index (χ1n) is 8.00. The quantitative estimate of drug-likeness (QED) is 0.768. The molecule has 0 bridgehead atoms. The predicted octanol–water partition coefficient (Wildman–Crippen LogP) is 2.34. The third-order valence-corrected chi connectivity index (χ3v) is 5.00. The lowest BCUT2D eigenvalue weighted by molar-refractivity contribution is -0.120. The van der Waals surface area contributed by atoms with Gasteiger partial charge in [-0.3, -0.25) is 9.59 Å². The van der Waals surface area contributed by atoms with Crippen molar-refractivity contribution in [1.82, 2.24) is 15.0 Å². The van der Waals surface area contributed by atoms with Crippen LogP contribution < -0.4 is 10.2 Å². The minimum Gasteiger partial charge on any atom is -0.323 e. The van der Waals surface area contributed by atoms with Crippen molar-refractivity contribution in [2.45, 2.75) is 4.90 Å². The zero-order valence-corrected chi connectivity index (χ0v) is 14.5. The third-order valence-electron chi connectivity index (χ3n) is 3.96. The van der Waals surface area contributed by atoms with Gasteiger partial charge >= 0.3 is 0 Å². The molecular formula is C18H15N5O2S. The van der Waals surface area contributed by atoms with Gasteiger partial charge < -0.3 is 10.2 Å². The number of anilines is 2. The highest BCUT2D eigenvalue weighted by Crippen LogP contribution is 2.34. The van der Waals surface area contributed by atoms with E-state index in [1.54, 1.807) is 23.1 Å². The highest BCUT2D eigenvalue weighted by atomic mass is 32.2. The Morgan fingerprint density at radius 3 is 2.69 bits per heavy atom. The van der Waals surface area contributed by atoms with Crippen molar-refractivity contribution in [3.8, 4) is 5.69 Å². The lowest BCUT2D eigenvalue weighted by Gasteiger charge is -2.28. The Kier molecular flexibility index (Phi) is 4.40. The Balaban J connectivity index is 1.55. The van der Waals surface area contributed by atoms with Crippen LogP contribution in [0.3, 0.4) is 0 Å². The Labute approximate surface area is 154 Å². The second-order valence-corrected chi connectivity index (χ2v) is 6.67. The van der Waals surface area contributed by atoms with Crippen molar-refractivity contribution in [2.75, 3.05) is 22.5 Å². The molecule has 2 aromatic carbocycles. The highest BCUT2D eigenvalue weighted by molar-refractivity contribution is 8.00. The van der Waals surface area contributed by atoms with Crippen LogP contribution in [0.4, 0.5) is 11.4 Å². The summed E-state index contributed by atoms with van der Waals surface area (Å²) in [5.41, 5.74) is 2.09. The average molecular weight is 365 g/mol. The zero-order chi connectivity index (χ0) is 17.9. The fourth-order valence-corrected chi connectivity index (χ4v) is 3.71. The number of carbonyl (C=O) groups excluding carboxylic acids is 2. The maximum Gasteiger partial charge on any atom is 0.244 e.